The summed E-state index contributed by atoms with van der Waals surface area (Å²) in [7, 11) is -1.23. The van der Waals surface area contributed by atoms with Gasteiger partial charge in [-0.25, -0.2) is 13.1 Å². The molecule has 1 unspecified atom stereocenters. The van der Waals surface area contributed by atoms with Crippen LogP contribution in [0.2, 0.25) is 0 Å². The predicted molar refractivity (Wildman–Crippen MR) is 54.5 cm³/mol. The van der Waals surface area contributed by atoms with Crippen LogP contribution in [0.25, 0.3) is 0 Å². The molecule has 0 aromatic carbocycles. The van der Waals surface area contributed by atoms with Gasteiger partial charge in [0.05, 0.1) is 12.4 Å². The van der Waals surface area contributed by atoms with E-state index < -0.39 is 10.0 Å². The van der Waals surface area contributed by atoms with Crippen LogP contribution in [0, 0.1) is 5.92 Å². The second kappa shape index (κ2) is 5.06. The highest BCUT2D eigenvalue weighted by atomic mass is 32.2. The van der Waals surface area contributed by atoms with Crippen molar-refractivity contribution in [3.05, 3.63) is 0 Å². The van der Waals surface area contributed by atoms with Crippen molar-refractivity contribution in [2.45, 2.75) is 6.42 Å². The Kier molecular flexibility index (Phi) is 4.31. The first-order valence-electron chi connectivity index (χ1n) is 4.80. The van der Waals surface area contributed by atoms with Crippen molar-refractivity contribution in [1.82, 2.24) is 9.62 Å². The van der Waals surface area contributed by atoms with Gasteiger partial charge >= 0.3 is 0 Å². The Morgan fingerprint density at radius 1 is 1.57 bits per heavy atom. The summed E-state index contributed by atoms with van der Waals surface area (Å²) >= 11 is 0. The lowest BCUT2D eigenvalue weighted by Gasteiger charge is -2.11. The molecule has 0 aliphatic carbocycles. The first-order valence-corrected chi connectivity index (χ1v) is 6.45. The maximum atomic E-state index is 11.2. The lowest BCUT2D eigenvalue weighted by Crippen LogP contribution is -2.33. The molecular formula is C8H18N2O3S. The van der Waals surface area contributed by atoms with Crippen LogP contribution < -0.4 is 4.72 Å². The largest absolute Gasteiger partial charge is 0.395 e. The fourth-order valence-corrected chi connectivity index (χ4v) is 2.50. The van der Waals surface area contributed by atoms with E-state index in [0.717, 1.165) is 19.5 Å². The lowest BCUT2D eigenvalue weighted by atomic mass is 10.1. The summed E-state index contributed by atoms with van der Waals surface area (Å²) in [4.78, 5) is 2.19. The van der Waals surface area contributed by atoms with E-state index in [9.17, 15) is 8.42 Å². The van der Waals surface area contributed by atoms with Gasteiger partial charge in [0.15, 0.2) is 0 Å². The molecule has 0 saturated carbocycles. The lowest BCUT2D eigenvalue weighted by molar-refractivity contribution is 0.319. The van der Waals surface area contributed by atoms with Gasteiger partial charge < -0.3 is 10.0 Å². The minimum Gasteiger partial charge on any atom is -0.395 e. The van der Waals surface area contributed by atoms with Crippen molar-refractivity contribution in [2.24, 2.45) is 5.92 Å². The number of rotatable bonds is 5. The van der Waals surface area contributed by atoms with E-state index in [1.165, 1.54) is 0 Å². The second-order valence-electron chi connectivity index (χ2n) is 3.81. The van der Waals surface area contributed by atoms with Crippen LogP contribution in [0.3, 0.4) is 0 Å². The van der Waals surface area contributed by atoms with Gasteiger partial charge in [-0.15, -0.1) is 0 Å². The molecule has 0 bridgehead atoms. The third-order valence-electron chi connectivity index (χ3n) is 2.44. The molecule has 1 aliphatic heterocycles. The summed E-state index contributed by atoms with van der Waals surface area (Å²) in [5, 5.41) is 8.51. The Morgan fingerprint density at radius 2 is 2.29 bits per heavy atom. The van der Waals surface area contributed by atoms with Gasteiger partial charge in [-0.3, -0.25) is 0 Å². The average molecular weight is 222 g/mol. The standard InChI is InChI=1S/C8H18N2O3S/c1-10-3-2-8(7-10)6-9-14(12,13)5-4-11/h8-9,11H,2-7H2,1H3. The molecule has 6 heteroatoms. The first-order chi connectivity index (χ1) is 6.53. The van der Waals surface area contributed by atoms with Gasteiger partial charge in [-0.2, -0.15) is 0 Å². The molecule has 2 N–H and O–H groups in total. The SMILES string of the molecule is CN1CCC(CNS(=O)(=O)CCO)C1. The molecule has 1 fully saturated rings. The van der Waals surface area contributed by atoms with Crippen LogP contribution in [0.4, 0.5) is 0 Å². The maximum absolute atomic E-state index is 11.2. The Morgan fingerprint density at radius 3 is 2.79 bits per heavy atom. The molecule has 5 nitrogen and oxygen atoms in total. The number of likely N-dealkylation sites (tertiary alicyclic amines) is 1. The first kappa shape index (κ1) is 11.9. The molecule has 1 atom stereocenters. The van der Waals surface area contributed by atoms with Crippen LogP contribution in [0.15, 0.2) is 0 Å². The molecule has 1 aliphatic rings. The molecule has 0 radical (unpaired) electrons. The highest BCUT2D eigenvalue weighted by Crippen LogP contribution is 2.12. The van der Waals surface area contributed by atoms with Crippen LogP contribution in [0.1, 0.15) is 6.42 Å². The zero-order chi connectivity index (χ0) is 10.6. The summed E-state index contributed by atoms with van der Waals surface area (Å²) in [6.45, 7) is 2.15. The van der Waals surface area contributed by atoms with Crippen LogP contribution in [-0.4, -0.2) is 57.5 Å². The summed E-state index contributed by atoms with van der Waals surface area (Å²) in [5.74, 6) is 0.212. The smallest absolute Gasteiger partial charge is 0.213 e. The quantitative estimate of drug-likeness (QED) is 0.616. The van der Waals surface area contributed by atoms with Crippen molar-refractivity contribution in [3.63, 3.8) is 0 Å². The van der Waals surface area contributed by atoms with Crippen molar-refractivity contribution in [2.75, 3.05) is 39.0 Å². The van der Waals surface area contributed by atoms with E-state index in [1.807, 2.05) is 7.05 Å². The number of hydrogen-bond acceptors (Lipinski definition) is 4. The third kappa shape index (κ3) is 3.91. The third-order valence-corrected chi connectivity index (χ3v) is 3.77. The van der Waals surface area contributed by atoms with Crippen LogP contribution in [-0.2, 0) is 10.0 Å². The summed E-state index contributed by atoms with van der Waals surface area (Å²) in [6.07, 6.45) is 1.04. The average Bonchev–Trinajstić information content (AvgIpc) is 2.48. The van der Waals surface area contributed by atoms with Gasteiger partial charge in [0, 0.05) is 13.1 Å². The highest BCUT2D eigenvalue weighted by Gasteiger charge is 2.21. The monoisotopic (exact) mass is 222 g/mol. The fourth-order valence-electron chi connectivity index (χ4n) is 1.63. The topological polar surface area (TPSA) is 69.6 Å². The van der Waals surface area contributed by atoms with Gasteiger partial charge in [-0.05, 0) is 25.9 Å². The van der Waals surface area contributed by atoms with Crippen molar-refractivity contribution < 1.29 is 13.5 Å². The molecule has 1 heterocycles. The number of hydrogen-bond donors (Lipinski definition) is 2. The number of sulfonamides is 1. The summed E-state index contributed by atoms with van der Waals surface area (Å²) in [6, 6.07) is 0. The number of nitrogens with zero attached hydrogens (tertiary/aromatic N) is 1. The van der Waals surface area contributed by atoms with Gasteiger partial charge in [-0.1, -0.05) is 0 Å². The Bertz CT molecular complexity index is 266. The molecule has 0 aromatic heterocycles. The van der Waals surface area contributed by atoms with Crippen molar-refractivity contribution >= 4 is 10.0 Å². The molecule has 1 rings (SSSR count). The summed E-state index contributed by atoms with van der Waals surface area (Å²) in [5.41, 5.74) is 0. The van der Waals surface area contributed by atoms with E-state index in [4.69, 9.17) is 5.11 Å². The summed E-state index contributed by atoms with van der Waals surface area (Å²) < 4.78 is 24.9. The van der Waals surface area contributed by atoms with E-state index in [2.05, 4.69) is 9.62 Å². The molecule has 0 aromatic rings. The van der Waals surface area contributed by atoms with Gasteiger partial charge in [0.1, 0.15) is 0 Å². The molecule has 1 saturated heterocycles. The molecule has 14 heavy (non-hydrogen) atoms. The number of aliphatic hydroxyl groups excluding tert-OH is 1. The van der Waals surface area contributed by atoms with E-state index in [0.29, 0.717) is 12.5 Å². The molecule has 0 spiro atoms. The minimum atomic E-state index is -3.26. The van der Waals surface area contributed by atoms with Gasteiger partial charge in [0.2, 0.25) is 10.0 Å². The molecule has 84 valence electrons. The fraction of sp³-hybridized carbons (Fsp3) is 1.00. The Balaban J connectivity index is 2.26. The zero-order valence-corrected chi connectivity index (χ0v) is 9.26. The second-order valence-corrected chi connectivity index (χ2v) is 5.73. The minimum absolute atomic E-state index is 0.199. The molecular weight excluding hydrogens is 204 g/mol. The Hall–Kier alpha value is -0.170. The van der Waals surface area contributed by atoms with Crippen molar-refractivity contribution in [3.8, 4) is 0 Å². The van der Waals surface area contributed by atoms with Crippen LogP contribution >= 0.6 is 0 Å². The van der Waals surface area contributed by atoms with Crippen molar-refractivity contribution in [1.29, 1.82) is 0 Å². The molecule has 0 amide bonds. The Labute approximate surface area is 85.2 Å². The van der Waals surface area contributed by atoms with E-state index in [1.54, 1.807) is 0 Å². The zero-order valence-electron chi connectivity index (χ0n) is 8.44. The van der Waals surface area contributed by atoms with Gasteiger partial charge in [0.25, 0.3) is 0 Å². The maximum Gasteiger partial charge on any atom is 0.213 e. The normalized spacial score (nSPS) is 24.3. The van der Waals surface area contributed by atoms with E-state index in [-0.39, 0.29) is 12.4 Å². The number of nitrogens with one attached hydrogen (secondary N) is 1. The van der Waals surface area contributed by atoms with E-state index >= 15 is 0 Å². The number of aliphatic hydroxyl groups is 1. The predicted octanol–water partition coefficient (Wildman–Crippen LogP) is -1.15. The van der Waals surface area contributed by atoms with Crippen LogP contribution in [0.5, 0.6) is 0 Å². The highest BCUT2D eigenvalue weighted by molar-refractivity contribution is 7.89.